The lowest BCUT2D eigenvalue weighted by atomic mass is 9.78. The van der Waals surface area contributed by atoms with Gasteiger partial charge in [0.2, 0.25) is 0 Å². The lowest BCUT2D eigenvalue weighted by Crippen LogP contribution is -2.26. The van der Waals surface area contributed by atoms with Gasteiger partial charge in [0, 0.05) is 24.0 Å². The zero-order valence-electron chi connectivity index (χ0n) is 22.1. The highest BCUT2D eigenvalue weighted by Gasteiger charge is 2.26. The van der Waals surface area contributed by atoms with E-state index in [0.29, 0.717) is 28.2 Å². The van der Waals surface area contributed by atoms with Gasteiger partial charge in [-0.15, -0.1) is 11.6 Å². The van der Waals surface area contributed by atoms with Crippen LogP contribution in [-0.2, 0) is 24.8 Å². The Morgan fingerprint density at radius 1 is 0.974 bits per heavy atom. The fourth-order valence-corrected chi connectivity index (χ4v) is 5.50. The summed E-state index contributed by atoms with van der Waals surface area (Å²) in [6.45, 7) is 9.24. The van der Waals surface area contributed by atoms with Crippen LogP contribution in [-0.4, -0.2) is 51.1 Å². The molecule has 0 fully saturated rings. The standard InChI is InChI=1S/C26H33Cl3O6S.2H2S/c1-6-36(31,32)16-17(2)14-33-21-9-7-19(8-10-21)26(4,5)20-11-23(28)25(24(29)12-20)34-15-22(13-27)35-18(3)30;;/h7-12,17,22H,6,13-16H2,1-5H3;2*1H2/t17-,22+;;/m0../s1. The van der Waals surface area contributed by atoms with Crippen LogP contribution < -0.4 is 9.47 Å². The molecule has 0 aliphatic carbocycles. The van der Waals surface area contributed by atoms with Gasteiger partial charge in [-0.3, -0.25) is 4.79 Å². The summed E-state index contributed by atoms with van der Waals surface area (Å²) in [6.07, 6.45) is -0.618. The second-order valence-corrected chi connectivity index (χ2v) is 12.8. The molecule has 2 rings (SSSR count). The van der Waals surface area contributed by atoms with Crippen molar-refractivity contribution in [1.29, 1.82) is 0 Å². The second-order valence-electron chi connectivity index (χ2n) is 9.23. The number of benzene rings is 2. The molecule has 0 N–H and O–H groups in total. The first kappa shape index (κ1) is 37.0. The molecule has 0 saturated heterocycles. The number of alkyl halides is 1. The zero-order chi connectivity index (χ0) is 27.1. The van der Waals surface area contributed by atoms with Crippen LogP contribution in [0.5, 0.6) is 11.5 Å². The number of carbonyl (C=O) groups excluding carboxylic acids is 1. The van der Waals surface area contributed by atoms with Crippen molar-refractivity contribution in [2.45, 2.75) is 46.1 Å². The van der Waals surface area contributed by atoms with Crippen LogP contribution in [0.15, 0.2) is 36.4 Å². The molecule has 0 aromatic heterocycles. The molecule has 0 saturated carbocycles. The van der Waals surface area contributed by atoms with E-state index < -0.39 is 27.3 Å². The molecule has 0 aliphatic rings. The van der Waals surface area contributed by atoms with Gasteiger partial charge in [-0.25, -0.2) is 8.42 Å². The predicted molar refractivity (Wildman–Crippen MR) is 167 cm³/mol. The van der Waals surface area contributed by atoms with Gasteiger partial charge in [0.25, 0.3) is 0 Å². The number of hydrogen-bond donors (Lipinski definition) is 0. The number of carbonyl (C=O) groups is 1. The number of hydrogen-bond acceptors (Lipinski definition) is 6. The lowest BCUT2D eigenvalue weighted by Gasteiger charge is -2.27. The van der Waals surface area contributed by atoms with Gasteiger partial charge in [0.1, 0.15) is 28.3 Å². The highest BCUT2D eigenvalue weighted by Crippen LogP contribution is 2.40. The smallest absolute Gasteiger partial charge is 0.303 e. The van der Waals surface area contributed by atoms with Crippen LogP contribution in [0.25, 0.3) is 0 Å². The highest BCUT2D eigenvalue weighted by molar-refractivity contribution is 7.91. The molecular formula is C26H37Cl3O6S3. The Bertz CT molecular complexity index is 1120. The first-order valence-corrected chi connectivity index (χ1v) is 14.7. The van der Waals surface area contributed by atoms with E-state index in [1.165, 1.54) is 6.92 Å². The molecule has 0 unspecified atom stereocenters. The van der Waals surface area contributed by atoms with Crippen LogP contribution >= 0.6 is 61.8 Å². The van der Waals surface area contributed by atoms with Gasteiger partial charge in [-0.05, 0) is 35.4 Å². The first-order chi connectivity index (χ1) is 16.8. The fourth-order valence-electron chi connectivity index (χ4n) is 3.55. The summed E-state index contributed by atoms with van der Waals surface area (Å²) in [5.41, 5.74) is 1.45. The quantitative estimate of drug-likeness (QED) is 0.181. The maximum absolute atomic E-state index is 11.8. The van der Waals surface area contributed by atoms with E-state index in [-0.39, 0.29) is 56.9 Å². The van der Waals surface area contributed by atoms with E-state index in [2.05, 4.69) is 0 Å². The van der Waals surface area contributed by atoms with Gasteiger partial charge in [0.15, 0.2) is 5.75 Å². The number of sulfone groups is 1. The SMILES string of the molecule is CCS(=O)(=O)C[C@@H](C)COc1ccc(C(C)(C)c2cc(Cl)c(OC[C@@H](CCl)OC(C)=O)c(Cl)c2)cc1.S.S. The molecule has 0 aliphatic heterocycles. The van der Waals surface area contributed by atoms with Crippen LogP contribution in [0, 0.1) is 5.92 Å². The minimum atomic E-state index is -3.04. The van der Waals surface area contributed by atoms with Crippen molar-refractivity contribution in [3.05, 3.63) is 57.6 Å². The van der Waals surface area contributed by atoms with Crippen molar-refractivity contribution in [1.82, 2.24) is 0 Å². The molecule has 216 valence electrons. The maximum Gasteiger partial charge on any atom is 0.303 e. The molecule has 0 bridgehead atoms. The van der Waals surface area contributed by atoms with E-state index in [4.69, 9.17) is 49.0 Å². The molecule has 0 radical (unpaired) electrons. The largest absolute Gasteiger partial charge is 0.493 e. The van der Waals surface area contributed by atoms with Crippen molar-refractivity contribution in [3.8, 4) is 11.5 Å². The van der Waals surface area contributed by atoms with E-state index in [0.717, 1.165) is 11.1 Å². The third kappa shape index (κ3) is 10.9. The number of halogens is 3. The Morgan fingerprint density at radius 3 is 2.00 bits per heavy atom. The van der Waals surface area contributed by atoms with Gasteiger partial charge >= 0.3 is 5.97 Å². The van der Waals surface area contributed by atoms with Gasteiger partial charge in [0.05, 0.1) is 28.3 Å². The van der Waals surface area contributed by atoms with Crippen molar-refractivity contribution >= 4 is 77.6 Å². The maximum atomic E-state index is 11.8. The summed E-state index contributed by atoms with van der Waals surface area (Å²) < 4.78 is 40.2. The monoisotopic (exact) mass is 646 g/mol. The van der Waals surface area contributed by atoms with Crippen molar-refractivity contribution in [2.24, 2.45) is 5.92 Å². The second kappa shape index (κ2) is 16.3. The molecule has 6 nitrogen and oxygen atoms in total. The number of esters is 1. The molecule has 0 heterocycles. The average molecular weight is 648 g/mol. The Kier molecular flexibility index (Phi) is 15.9. The summed E-state index contributed by atoms with van der Waals surface area (Å²) >= 11 is 18.8. The normalized spacial score (nSPS) is 12.9. The van der Waals surface area contributed by atoms with Gasteiger partial charge in [-0.2, -0.15) is 27.0 Å². The van der Waals surface area contributed by atoms with Gasteiger partial charge < -0.3 is 14.2 Å². The Labute approximate surface area is 255 Å². The number of rotatable bonds is 13. The minimum absolute atomic E-state index is 0. The molecule has 2 aromatic rings. The van der Waals surface area contributed by atoms with Crippen LogP contribution in [0.3, 0.4) is 0 Å². The lowest BCUT2D eigenvalue weighted by molar-refractivity contribution is -0.146. The molecule has 38 heavy (non-hydrogen) atoms. The van der Waals surface area contributed by atoms with Crippen molar-refractivity contribution in [3.63, 3.8) is 0 Å². The van der Waals surface area contributed by atoms with Crippen molar-refractivity contribution in [2.75, 3.05) is 30.6 Å². The molecule has 12 heteroatoms. The Balaban J connectivity index is 0.00000684. The predicted octanol–water partition coefficient (Wildman–Crippen LogP) is 6.54. The van der Waals surface area contributed by atoms with E-state index in [9.17, 15) is 13.2 Å². The van der Waals surface area contributed by atoms with E-state index in [1.54, 1.807) is 19.1 Å². The Morgan fingerprint density at radius 2 is 1.53 bits per heavy atom. The third-order valence-corrected chi connectivity index (χ3v) is 8.59. The topological polar surface area (TPSA) is 78.9 Å². The van der Waals surface area contributed by atoms with E-state index in [1.807, 2.05) is 45.0 Å². The molecular weight excluding hydrogens is 611 g/mol. The summed E-state index contributed by atoms with van der Waals surface area (Å²) in [4.78, 5) is 11.2. The summed E-state index contributed by atoms with van der Waals surface area (Å²) in [6, 6.07) is 11.2. The van der Waals surface area contributed by atoms with Crippen LogP contribution in [0.2, 0.25) is 10.0 Å². The van der Waals surface area contributed by atoms with E-state index >= 15 is 0 Å². The van der Waals surface area contributed by atoms with Crippen LogP contribution in [0.4, 0.5) is 0 Å². The zero-order valence-corrected chi connectivity index (χ0v) is 27.2. The minimum Gasteiger partial charge on any atom is -0.493 e. The molecule has 2 atom stereocenters. The number of ether oxygens (including phenoxy) is 3. The fraction of sp³-hybridized carbons (Fsp3) is 0.500. The third-order valence-electron chi connectivity index (χ3n) is 5.73. The molecule has 0 spiro atoms. The van der Waals surface area contributed by atoms with Gasteiger partial charge in [-0.1, -0.05) is 63.0 Å². The first-order valence-electron chi connectivity index (χ1n) is 11.6. The highest BCUT2D eigenvalue weighted by atomic mass is 35.5. The molecule has 0 amide bonds. The van der Waals surface area contributed by atoms with Crippen molar-refractivity contribution < 1.29 is 27.4 Å². The summed E-state index contributed by atoms with van der Waals surface area (Å²) in [7, 11) is -3.04. The molecule has 2 aromatic carbocycles. The van der Waals surface area contributed by atoms with Crippen LogP contribution in [0.1, 0.15) is 45.7 Å². The Hall–Kier alpha value is -0.970. The summed E-state index contributed by atoms with van der Waals surface area (Å²) in [5.74, 6) is 0.714. The average Bonchev–Trinajstić information content (AvgIpc) is 2.81. The summed E-state index contributed by atoms with van der Waals surface area (Å²) in [5, 5.41) is 0.662.